The van der Waals surface area contributed by atoms with Crippen molar-refractivity contribution in [3.05, 3.63) is 0 Å². The Hall–Kier alpha value is -1.10. The number of nitrogens with two attached hydrogens (primary N) is 1. The van der Waals surface area contributed by atoms with Crippen LogP contribution in [0.5, 0.6) is 0 Å². The minimum Gasteiger partial charge on any atom is -0.480 e. The highest BCUT2D eigenvalue weighted by molar-refractivity contribution is 5.89. The Bertz CT molecular complexity index is 250. The first-order valence-electron chi connectivity index (χ1n) is 5.73. The van der Waals surface area contributed by atoms with Gasteiger partial charge in [-0.05, 0) is 19.3 Å². The Balaban J connectivity index is 4.56. The number of aliphatic carboxylic acids is 1. The number of nitrogens with one attached hydrogen (secondary N) is 1. The molecule has 0 heterocycles. The summed E-state index contributed by atoms with van der Waals surface area (Å²) < 4.78 is 0. The molecule has 0 aromatic carbocycles. The fraction of sp³-hybridized carbons (Fsp3) is 0.818. The summed E-state index contributed by atoms with van der Waals surface area (Å²) in [4.78, 5) is 22.7. The highest BCUT2D eigenvalue weighted by atomic mass is 16.4. The maximum atomic E-state index is 11.8. The van der Waals surface area contributed by atoms with Crippen LogP contribution in [0.1, 0.15) is 46.5 Å². The van der Waals surface area contributed by atoms with E-state index in [1.165, 1.54) is 0 Å². The Kier molecular flexibility index (Phi) is 6.03. The molecule has 16 heavy (non-hydrogen) atoms. The van der Waals surface area contributed by atoms with E-state index in [2.05, 4.69) is 5.32 Å². The predicted molar refractivity (Wildman–Crippen MR) is 62.0 cm³/mol. The summed E-state index contributed by atoms with van der Waals surface area (Å²) in [5, 5.41) is 11.4. The fourth-order valence-electron chi connectivity index (χ4n) is 1.42. The van der Waals surface area contributed by atoms with E-state index in [0.29, 0.717) is 25.7 Å². The molecule has 0 aromatic rings. The van der Waals surface area contributed by atoms with E-state index in [1.807, 2.05) is 20.8 Å². The molecule has 0 unspecified atom stereocenters. The number of carbonyl (C=O) groups is 2. The molecular weight excluding hydrogens is 208 g/mol. The Labute approximate surface area is 96.4 Å². The molecule has 0 spiro atoms. The van der Waals surface area contributed by atoms with Crippen molar-refractivity contribution >= 4 is 11.9 Å². The van der Waals surface area contributed by atoms with Gasteiger partial charge < -0.3 is 16.2 Å². The summed E-state index contributed by atoms with van der Waals surface area (Å²) in [7, 11) is 0. The second kappa shape index (κ2) is 6.48. The van der Waals surface area contributed by atoms with Gasteiger partial charge in [-0.2, -0.15) is 0 Å². The third-order valence-corrected chi connectivity index (χ3v) is 2.89. The molecule has 4 N–H and O–H groups in total. The highest BCUT2D eigenvalue weighted by Crippen LogP contribution is 2.12. The summed E-state index contributed by atoms with van der Waals surface area (Å²) in [5.74, 6) is -1.39. The van der Waals surface area contributed by atoms with Crippen LogP contribution in [-0.4, -0.2) is 28.6 Å². The van der Waals surface area contributed by atoms with Gasteiger partial charge in [-0.15, -0.1) is 0 Å². The summed E-state index contributed by atoms with van der Waals surface area (Å²) in [6.07, 6.45) is 2.11. The Morgan fingerprint density at radius 2 is 1.81 bits per heavy atom. The standard InChI is InChI=1S/C11H22N2O3/c1-4-7-8(9(14)15)13-10(16)11(12,5-2)6-3/h8H,4-7,12H2,1-3H3,(H,13,16)(H,14,15)/t8-/m1/s1. The molecule has 0 aliphatic carbocycles. The van der Waals surface area contributed by atoms with Crippen molar-refractivity contribution in [1.82, 2.24) is 5.32 Å². The molecule has 5 heteroatoms. The molecule has 0 aliphatic rings. The van der Waals surface area contributed by atoms with Gasteiger partial charge in [-0.1, -0.05) is 27.2 Å². The van der Waals surface area contributed by atoms with E-state index in [9.17, 15) is 9.59 Å². The lowest BCUT2D eigenvalue weighted by molar-refractivity contribution is -0.143. The molecule has 5 nitrogen and oxygen atoms in total. The van der Waals surface area contributed by atoms with Crippen molar-refractivity contribution in [3.8, 4) is 0 Å². The molecule has 0 saturated carbocycles. The van der Waals surface area contributed by atoms with E-state index < -0.39 is 17.6 Å². The van der Waals surface area contributed by atoms with Crippen molar-refractivity contribution in [2.24, 2.45) is 5.73 Å². The minimum atomic E-state index is -1.01. The van der Waals surface area contributed by atoms with Crippen LogP contribution in [0.25, 0.3) is 0 Å². The lowest BCUT2D eigenvalue weighted by Gasteiger charge is -2.27. The average molecular weight is 230 g/mol. The minimum absolute atomic E-state index is 0.377. The van der Waals surface area contributed by atoms with Crippen molar-refractivity contribution in [3.63, 3.8) is 0 Å². The second-order valence-electron chi connectivity index (χ2n) is 4.02. The first kappa shape index (κ1) is 14.9. The molecule has 0 rings (SSSR count). The number of hydrogen-bond acceptors (Lipinski definition) is 3. The number of hydrogen-bond donors (Lipinski definition) is 3. The zero-order valence-electron chi connectivity index (χ0n) is 10.2. The largest absolute Gasteiger partial charge is 0.480 e. The van der Waals surface area contributed by atoms with Crippen molar-refractivity contribution < 1.29 is 14.7 Å². The quantitative estimate of drug-likeness (QED) is 0.605. The van der Waals surface area contributed by atoms with Crippen LogP contribution in [0.2, 0.25) is 0 Å². The van der Waals surface area contributed by atoms with Gasteiger partial charge >= 0.3 is 5.97 Å². The van der Waals surface area contributed by atoms with Gasteiger partial charge in [0, 0.05) is 0 Å². The molecule has 1 amide bonds. The van der Waals surface area contributed by atoms with Gasteiger partial charge in [0.2, 0.25) is 5.91 Å². The maximum absolute atomic E-state index is 11.8. The van der Waals surface area contributed by atoms with Gasteiger partial charge in [0.15, 0.2) is 0 Å². The smallest absolute Gasteiger partial charge is 0.326 e. The summed E-state index contributed by atoms with van der Waals surface area (Å²) >= 11 is 0. The molecule has 0 radical (unpaired) electrons. The van der Waals surface area contributed by atoms with Crippen molar-refractivity contribution in [2.45, 2.75) is 58.0 Å². The first-order valence-corrected chi connectivity index (χ1v) is 5.73. The topological polar surface area (TPSA) is 92.4 Å². The second-order valence-corrected chi connectivity index (χ2v) is 4.02. The van der Waals surface area contributed by atoms with Crippen molar-refractivity contribution in [2.75, 3.05) is 0 Å². The molecule has 0 aliphatic heterocycles. The molecule has 0 bridgehead atoms. The Morgan fingerprint density at radius 3 is 2.12 bits per heavy atom. The SMILES string of the molecule is CCC[C@@H](NC(=O)C(N)(CC)CC)C(=O)O. The molecule has 0 saturated heterocycles. The van der Waals surface area contributed by atoms with Gasteiger partial charge in [0.25, 0.3) is 0 Å². The summed E-state index contributed by atoms with van der Waals surface area (Å²) in [6, 6.07) is -0.835. The molecular formula is C11H22N2O3. The Morgan fingerprint density at radius 1 is 1.31 bits per heavy atom. The van der Waals surface area contributed by atoms with E-state index >= 15 is 0 Å². The van der Waals surface area contributed by atoms with Crippen LogP contribution in [0.3, 0.4) is 0 Å². The van der Waals surface area contributed by atoms with Crippen LogP contribution in [0, 0.1) is 0 Å². The van der Waals surface area contributed by atoms with Crippen molar-refractivity contribution in [1.29, 1.82) is 0 Å². The van der Waals surface area contributed by atoms with Crippen LogP contribution >= 0.6 is 0 Å². The van der Waals surface area contributed by atoms with Crippen LogP contribution < -0.4 is 11.1 Å². The number of carboxylic acid groups (broad SMARTS) is 1. The average Bonchev–Trinajstić information content (AvgIpc) is 2.26. The summed E-state index contributed by atoms with van der Waals surface area (Å²) in [6.45, 7) is 5.51. The maximum Gasteiger partial charge on any atom is 0.326 e. The van der Waals surface area contributed by atoms with Crippen LogP contribution in [-0.2, 0) is 9.59 Å². The van der Waals surface area contributed by atoms with E-state index in [1.54, 1.807) is 0 Å². The van der Waals surface area contributed by atoms with E-state index in [0.717, 1.165) is 0 Å². The molecule has 94 valence electrons. The lowest BCUT2D eigenvalue weighted by atomic mass is 9.92. The van der Waals surface area contributed by atoms with E-state index in [4.69, 9.17) is 10.8 Å². The fourth-order valence-corrected chi connectivity index (χ4v) is 1.42. The zero-order valence-corrected chi connectivity index (χ0v) is 10.2. The number of carbonyl (C=O) groups excluding carboxylic acids is 1. The molecule has 1 atom stereocenters. The lowest BCUT2D eigenvalue weighted by Crippen LogP contribution is -2.56. The normalized spacial score (nSPS) is 13.2. The third-order valence-electron chi connectivity index (χ3n) is 2.89. The zero-order chi connectivity index (χ0) is 12.8. The van der Waals surface area contributed by atoms with Crippen LogP contribution in [0.15, 0.2) is 0 Å². The van der Waals surface area contributed by atoms with Gasteiger partial charge in [-0.25, -0.2) is 4.79 Å². The van der Waals surface area contributed by atoms with Gasteiger partial charge in [0.05, 0.1) is 5.54 Å². The van der Waals surface area contributed by atoms with Gasteiger partial charge in [0.1, 0.15) is 6.04 Å². The highest BCUT2D eigenvalue weighted by Gasteiger charge is 2.32. The predicted octanol–water partition coefficient (Wildman–Crippen LogP) is 0.873. The summed E-state index contributed by atoms with van der Waals surface area (Å²) in [5.41, 5.74) is 4.92. The molecule has 0 fully saturated rings. The molecule has 0 aromatic heterocycles. The monoisotopic (exact) mass is 230 g/mol. The third kappa shape index (κ3) is 3.81. The first-order chi connectivity index (χ1) is 7.41. The number of rotatable bonds is 7. The van der Waals surface area contributed by atoms with E-state index in [-0.39, 0.29) is 5.91 Å². The number of amides is 1. The number of carboxylic acids is 1. The van der Waals surface area contributed by atoms with Gasteiger partial charge in [-0.3, -0.25) is 4.79 Å². The van der Waals surface area contributed by atoms with Crippen LogP contribution in [0.4, 0.5) is 0 Å².